The number of halogens is 1. The van der Waals surface area contributed by atoms with Crippen molar-refractivity contribution in [1.29, 1.82) is 0 Å². The Morgan fingerprint density at radius 3 is 2.82 bits per heavy atom. The first-order valence-corrected chi connectivity index (χ1v) is 10.8. The van der Waals surface area contributed by atoms with Gasteiger partial charge in [0.15, 0.2) is 0 Å². The Hall–Kier alpha value is -3.85. The highest BCUT2D eigenvalue weighted by atomic mass is 19.1. The molecule has 0 bridgehead atoms. The lowest BCUT2D eigenvalue weighted by Crippen LogP contribution is -2.38. The average molecular weight is 447 g/mol. The molecule has 3 heterocycles. The van der Waals surface area contributed by atoms with Crippen LogP contribution in [0, 0.1) is 5.82 Å². The molecule has 1 aliphatic rings. The number of benzene rings is 2. The van der Waals surface area contributed by atoms with Crippen LogP contribution in [0.15, 0.2) is 65.8 Å². The Balaban J connectivity index is 1.48. The van der Waals surface area contributed by atoms with Crippen LogP contribution >= 0.6 is 0 Å². The molecule has 0 radical (unpaired) electrons. The summed E-state index contributed by atoms with van der Waals surface area (Å²) in [7, 11) is 0. The monoisotopic (exact) mass is 447 g/mol. The van der Waals surface area contributed by atoms with Gasteiger partial charge in [-0.1, -0.05) is 12.1 Å². The standard InChI is InChI=1S/C24H22FN5O3/c25-16-7-9-17(10-8-16)30-15-26-12-21(30)24(32)29(13-18-4-3-11-33-18)14-22-27-20-6-2-1-5-19(20)23(31)28-22/h1-2,5-10,12,15,18H,3-4,11,13-14H2,(H,27,28,31). The Kier molecular flexibility index (Phi) is 5.70. The number of nitrogens with one attached hydrogen (secondary N) is 1. The zero-order valence-electron chi connectivity index (χ0n) is 17.8. The fourth-order valence-electron chi connectivity index (χ4n) is 4.07. The number of carbonyl (C=O) groups is 1. The molecule has 9 heteroatoms. The summed E-state index contributed by atoms with van der Waals surface area (Å²) in [6, 6.07) is 12.9. The van der Waals surface area contributed by atoms with Crippen molar-refractivity contribution in [3.8, 4) is 5.69 Å². The van der Waals surface area contributed by atoms with Crippen LogP contribution in [0.2, 0.25) is 0 Å². The molecule has 5 rings (SSSR count). The lowest BCUT2D eigenvalue weighted by molar-refractivity contribution is 0.0495. The van der Waals surface area contributed by atoms with Gasteiger partial charge in [0.2, 0.25) is 0 Å². The second-order valence-electron chi connectivity index (χ2n) is 7.98. The third-order valence-electron chi connectivity index (χ3n) is 5.70. The number of hydrogen-bond acceptors (Lipinski definition) is 5. The SMILES string of the molecule is O=C(c1cncn1-c1ccc(F)cc1)N(Cc1nc2ccccc2c(=O)[nH]1)CC1CCCO1. The zero-order chi connectivity index (χ0) is 22.8. The van der Waals surface area contributed by atoms with Gasteiger partial charge < -0.3 is 14.6 Å². The molecule has 1 N–H and O–H groups in total. The van der Waals surface area contributed by atoms with Crippen molar-refractivity contribution in [1.82, 2.24) is 24.4 Å². The number of carbonyl (C=O) groups excluding carboxylic acids is 1. The molecule has 2 aromatic carbocycles. The van der Waals surface area contributed by atoms with E-state index in [9.17, 15) is 14.0 Å². The summed E-state index contributed by atoms with van der Waals surface area (Å²) < 4.78 is 20.8. The van der Waals surface area contributed by atoms with Gasteiger partial charge >= 0.3 is 0 Å². The molecular weight excluding hydrogens is 425 g/mol. The van der Waals surface area contributed by atoms with Gasteiger partial charge in [0.25, 0.3) is 11.5 Å². The Morgan fingerprint density at radius 2 is 2.03 bits per heavy atom. The quantitative estimate of drug-likeness (QED) is 0.490. The molecule has 33 heavy (non-hydrogen) atoms. The first-order chi connectivity index (χ1) is 16.1. The Bertz CT molecular complexity index is 1340. The highest BCUT2D eigenvalue weighted by Crippen LogP contribution is 2.19. The van der Waals surface area contributed by atoms with Crippen molar-refractivity contribution >= 4 is 16.8 Å². The van der Waals surface area contributed by atoms with Gasteiger partial charge in [0, 0.05) is 18.8 Å². The first kappa shape index (κ1) is 21.0. The smallest absolute Gasteiger partial charge is 0.272 e. The Morgan fingerprint density at radius 1 is 1.21 bits per heavy atom. The van der Waals surface area contributed by atoms with Gasteiger partial charge in [-0.2, -0.15) is 0 Å². The van der Waals surface area contributed by atoms with Crippen LogP contribution in [0.1, 0.15) is 29.2 Å². The van der Waals surface area contributed by atoms with Crippen molar-refractivity contribution < 1.29 is 13.9 Å². The summed E-state index contributed by atoms with van der Waals surface area (Å²) in [6.45, 7) is 1.11. The second-order valence-corrected chi connectivity index (χ2v) is 7.98. The summed E-state index contributed by atoms with van der Waals surface area (Å²) in [4.78, 5) is 39.2. The number of amides is 1. The number of imidazole rings is 1. The predicted molar refractivity (Wildman–Crippen MR) is 120 cm³/mol. The van der Waals surface area contributed by atoms with E-state index >= 15 is 0 Å². The molecule has 1 amide bonds. The summed E-state index contributed by atoms with van der Waals surface area (Å²) >= 11 is 0. The minimum absolute atomic E-state index is 0.0941. The molecule has 1 atom stereocenters. The van der Waals surface area contributed by atoms with Crippen LogP contribution in [-0.4, -0.2) is 49.6 Å². The van der Waals surface area contributed by atoms with E-state index in [1.807, 2.05) is 6.07 Å². The van der Waals surface area contributed by atoms with Crippen molar-refractivity contribution in [2.75, 3.05) is 13.2 Å². The molecule has 168 valence electrons. The number of ether oxygens (including phenoxy) is 1. The van der Waals surface area contributed by atoms with Crippen LogP contribution in [0.5, 0.6) is 0 Å². The molecular formula is C24H22FN5O3. The fourth-order valence-corrected chi connectivity index (χ4v) is 4.07. The normalized spacial score (nSPS) is 15.7. The maximum atomic E-state index is 13.6. The number of nitrogens with zero attached hydrogens (tertiary/aromatic N) is 4. The predicted octanol–water partition coefficient (Wildman–Crippen LogP) is 3.07. The van der Waals surface area contributed by atoms with E-state index in [0.717, 1.165) is 12.8 Å². The van der Waals surface area contributed by atoms with Gasteiger partial charge in [-0.3, -0.25) is 14.2 Å². The Labute approximate surface area is 188 Å². The lowest BCUT2D eigenvalue weighted by Gasteiger charge is -2.25. The van der Waals surface area contributed by atoms with Gasteiger partial charge in [-0.15, -0.1) is 0 Å². The molecule has 0 saturated carbocycles. The minimum atomic E-state index is -0.363. The molecule has 2 aromatic heterocycles. The summed E-state index contributed by atoms with van der Waals surface area (Å²) in [6.07, 6.45) is 4.68. The summed E-state index contributed by atoms with van der Waals surface area (Å²) in [5.41, 5.74) is 1.25. The highest BCUT2D eigenvalue weighted by molar-refractivity contribution is 5.93. The van der Waals surface area contributed by atoms with Gasteiger partial charge in [0.1, 0.15) is 17.3 Å². The number of H-pyrrole nitrogens is 1. The number of hydrogen-bond donors (Lipinski definition) is 1. The van der Waals surface area contributed by atoms with Gasteiger partial charge in [-0.25, -0.2) is 14.4 Å². The van der Waals surface area contributed by atoms with E-state index in [1.165, 1.54) is 24.7 Å². The van der Waals surface area contributed by atoms with E-state index in [0.29, 0.717) is 41.3 Å². The highest BCUT2D eigenvalue weighted by Gasteiger charge is 2.26. The number of aromatic amines is 1. The average Bonchev–Trinajstić information content (AvgIpc) is 3.51. The summed E-state index contributed by atoms with van der Waals surface area (Å²) in [5.74, 6) is -0.265. The molecule has 4 aromatic rings. The maximum absolute atomic E-state index is 13.6. The number of rotatable bonds is 6. The molecule has 1 aliphatic heterocycles. The number of aromatic nitrogens is 4. The minimum Gasteiger partial charge on any atom is -0.376 e. The largest absolute Gasteiger partial charge is 0.376 e. The lowest BCUT2D eigenvalue weighted by atomic mass is 10.2. The van der Waals surface area contributed by atoms with E-state index in [-0.39, 0.29) is 29.9 Å². The fraction of sp³-hybridized carbons (Fsp3) is 0.250. The molecule has 8 nitrogen and oxygen atoms in total. The molecule has 1 saturated heterocycles. The zero-order valence-corrected chi connectivity index (χ0v) is 17.8. The molecule has 0 aliphatic carbocycles. The van der Waals surface area contributed by atoms with E-state index in [2.05, 4.69) is 15.0 Å². The number of para-hydroxylation sites is 1. The van der Waals surface area contributed by atoms with Crippen molar-refractivity contribution in [2.45, 2.75) is 25.5 Å². The summed E-state index contributed by atoms with van der Waals surface area (Å²) in [5, 5.41) is 0.493. The third kappa shape index (κ3) is 4.40. The van der Waals surface area contributed by atoms with Crippen LogP contribution < -0.4 is 5.56 Å². The first-order valence-electron chi connectivity index (χ1n) is 10.8. The van der Waals surface area contributed by atoms with Crippen LogP contribution in [0.4, 0.5) is 4.39 Å². The topological polar surface area (TPSA) is 93.1 Å². The maximum Gasteiger partial charge on any atom is 0.272 e. The van der Waals surface area contributed by atoms with Gasteiger partial charge in [-0.05, 0) is 49.2 Å². The van der Waals surface area contributed by atoms with E-state index in [4.69, 9.17) is 4.74 Å². The van der Waals surface area contributed by atoms with Gasteiger partial charge in [0.05, 0.1) is 36.1 Å². The van der Waals surface area contributed by atoms with Crippen LogP contribution in [0.3, 0.4) is 0 Å². The van der Waals surface area contributed by atoms with Crippen molar-refractivity contribution in [3.63, 3.8) is 0 Å². The van der Waals surface area contributed by atoms with Crippen molar-refractivity contribution in [2.24, 2.45) is 0 Å². The van der Waals surface area contributed by atoms with Crippen LogP contribution in [-0.2, 0) is 11.3 Å². The van der Waals surface area contributed by atoms with E-state index in [1.54, 1.807) is 39.8 Å². The second kappa shape index (κ2) is 8.95. The van der Waals surface area contributed by atoms with E-state index < -0.39 is 0 Å². The third-order valence-corrected chi connectivity index (χ3v) is 5.70. The molecule has 0 spiro atoms. The van der Waals surface area contributed by atoms with Crippen molar-refractivity contribution in [3.05, 3.63) is 88.7 Å². The molecule has 1 unspecified atom stereocenters. The molecule has 1 fully saturated rings. The number of fused-ring (bicyclic) bond motifs is 1. The van der Waals surface area contributed by atoms with Crippen LogP contribution in [0.25, 0.3) is 16.6 Å².